The van der Waals surface area contributed by atoms with E-state index in [1.807, 2.05) is 51.3 Å². The molecule has 0 saturated carbocycles. The number of allylic oxidation sites excluding steroid dienone is 5. The van der Waals surface area contributed by atoms with Gasteiger partial charge >= 0.3 is 0 Å². The number of hydrazine groups is 1. The van der Waals surface area contributed by atoms with Gasteiger partial charge < -0.3 is 10.6 Å². The minimum absolute atomic E-state index is 0.337. The molecule has 0 unspecified atom stereocenters. The number of carbonyl (C=O) groups is 2. The van der Waals surface area contributed by atoms with Gasteiger partial charge in [-0.3, -0.25) is 25.4 Å². The lowest BCUT2D eigenvalue weighted by atomic mass is 9.99. The highest BCUT2D eigenvalue weighted by Gasteiger charge is 2.20. The molecule has 156 valence electrons. The van der Waals surface area contributed by atoms with Gasteiger partial charge in [0.25, 0.3) is 11.8 Å². The number of aromatic nitrogens is 1. The van der Waals surface area contributed by atoms with E-state index in [9.17, 15) is 9.59 Å². The summed E-state index contributed by atoms with van der Waals surface area (Å²) in [5.74, 6) is -0.743. The highest BCUT2D eigenvalue weighted by Crippen LogP contribution is 2.15. The molecule has 7 nitrogen and oxygen atoms in total. The lowest BCUT2D eigenvalue weighted by Gasteiger charge is -2.19. The molecule has 1 rings (SSSR count). The molecule has 29 heavy (non-hydrogen) atoms. The second-order valence-electron chi connectivity index (χ2n) is 6.14. The maximum Gasteiger partial charge on any atom is 0.269 e. The first kappa shape index (κ1) is 23.8. The summed E-state index contributed by atoms with van der Waals surface area (Å²) in [6.07, 6.45) is 13.0. The molecule has 0 fully saturated rings. The quantitative estimate of drug-likeness (QED) is 0.340. The van der Waals surface area contributed by atoms with E-state index < -0.39 is 11.9 Å². The second kappa shape index (κ2) is 13.9. The van der Waals surface area contributed by atoms with E-state index in [4.69, 9.17) is 0 Å². The maximum absolute atomic E-state index is 12.6. The Bertz CT molecular complexity index is 754. The molecule has 0 spiro atoms. The Morgan fingerprint density at radius 2 is 1.86 bits per heavy atom. The Balaban J connectivity index is 2.77. The highest BCUT2D eigenvalue weighted by molar-refractivity contribution is 5.95. The number of pyridine rings is 1. The molecular weight excluding hydrogens is 366 g/mol. The highest BCUT2D eigenvalue weighted by atomic mass is 16.2. The average Bonchev–Trinajstić information content (AvgIpc) is 2.74. The minimum Gasteiger partial charge on any atom is -0.391 e. The van der Waals surface area contributed by atoms with E-state index in [1.165, 1.54) is 12.4 Å². The van der Waals surface area contributed by atoms with Crippen LogP contribution in [-0.2, 0) is 4.79 Å². The first-order chi connectivity index (χ1) is 14.0. The van der Waals surface area contributed by atoms with Crippen LogP contribution in [-0.4, -0.2) is 35.9 Å². The number of hydrogen-bond acceptors (Lipinski definition) is 5. The Labute approximate surface area is 173 Å². The molecule has 0 aliphatic heterocycles. The summed E-state index contributed by atoms with van der Waals surface area (Å²) in [5.41, 5.74) is 7.02. The number of hydrogen-bond donors (Lipinski definition) is 4. The molecule has 0 bridgehead atoms. The monoisotopic (exact) mass is 397 g/mol. The zero-order valence-electron chi connectivity index (χ0n) is 17.4. The van der Waals surface area contributed by atoms with Gasteiger partial charge in [0.2, 0.25) is 0 Å². The van der Waals surface area contributed by atoms with Gasteiger partial charge in [-0.1, -0.05) is 37.8 Å². The fraction of sp³-hybridized carbons (Fsp3) is 0.318. The van der Waals surface area contributed by atoms with Crippen molar-refractivity contribution in [2.75, 3.05) is 13.1 Å². The predicted octanol–water partition coefficient (Wildman–Crippen LogP) is 2.39. The Morgan fingerprint density at radius 3 is 2.48 bits per heavy atom. The van der Waals surface area contributed by atoms with Gasteiger partial charge in [0, 0.05) is 30.7 Å². The number of nitrogens with one attached hydrogen (secondary N) is 4. The zero-order valence-corrected chi connectivity index (χ0v) is 17.4. The molecule has 7 heteroatoms. The largest absolute Gasteiger partial charge is 0.391 e. The van der Waals surface area contributed by atoms with Gasteiger partial charge in [0.05, 0.1) is 6.04 Å². The molecular formula is C22H31N5O2. The second-order valence-corrected chi connectivity index (χ2v) is 6.14. The standard InChI is InChI=1S/C22H31N5O2/c1-5-8-9-10-19(16-23-6-2)17(4)15-20(25-7-3)22(29)27-26-21(28)18-11-13-24-14-12-18/h5,8-14,16,20,23,25H,4,6-7,15H2,1-3H3,(H,26,28)(H,27,29)/b8-5-,10-9-,19-16-/t20-/m0/s1. The number of likely N-dealkylation sites (N-methyl/N-ethyl adjacent to an activating group) is 1. The first-order valence-electron chi connectivity index (χ1n) is 9.68. The third-order valence-electron chi connectivity index (χ3n) is 3.91. The summed E-state index contributed by atoms with van der Waals surface area (Å²) in [4.78, 5) is 28.6. The molecule has 1 heterocycles. The van der Waals surface area contributed by atoms with E-state index in [0.29, 0.717) is 18.5 Å². The van der Waals surface area contributed by atoms with Crippen molar-refractivity contribution in [1.82, 2.24) is 26.5 Å². The van der Waals surface area contributed by atoms with Crippen LogP contribution in [0.2, 0.25) is 0 Å². The molecule has 1 atom stereocenters. The van der Waals surface area contributed by atoms with Crippen molar-refractivity contribution in [1.29, 1.82) is 0 Å². The minimum atomic E-state index is -0.537. The normalized spacial score (nSPS) is 12.7. The Kier molecular flexibility index (Phi) is 11.4. The third-order valence-corrected chi connectivity index (χ3v) is 3.91. The van der Waals surface area contributed by atoms with Gasteiger partial charge in [-0.25, -0.2) is 0 Å². The lowest BCUT2D eigenvalue weighted by molar-refractivity contribution is -0.123. The predicted molar refractivity (Wildman–Crippen MR) is 117 cm³/mol. The number of carbonyl (C=O) groups excluding carboxylic acids is 2. The van der Waals surface area contributed by atoms with Crippen LogP contribution in [0.5, 0.6) is 0 Å². The van der Waals surface area contributed by atoms with E-state index in [0.717, 1.165) is 17.7 Å². The molecule has 4 N–H and O–H groups in total. The summed E-state index contributed by atoms with van der Waals surface area (Å²) in [6.45, 7) is 11.4. The summed E-state index contributed by atoms with van der Waals surface area (Å²) < 4.78 is 0. The van der Waals surface area contributed by atoms with E-state index >= 15 is 0 Å². The van der Waals surface area contributed by atoms with Crippen LogP contribution >= 0.6 is 0 Å². The summed E-state index contributed by atoms with van der Waals surface area (Å²) in [5, 5.41) is 6.30. The van der Waals surface area contributed by atoms with Crippen molar-refractivity contribution in [2.45, 2.75) is 33.2 Å². The van der Waals surface area contributed by atoms with Crippen LogP contribution in [0.3, 0.4) is 0 Å². The first-order valence-corrected chi connectivity index (χ1v) is 9.68. The maximum atomic E-state index is 12.6. The Hall–Kier alpha value is -3.19. The molecule has 1 aromatic heterocycles. The van der Waals surface area contributed by atoms with Gasteiger partial charge in [-0.05, 0) is 50.1 Å². The lowest BCUT2D eigenvalue weighted by Crippen LogP contribution is -2.51. The van der Waals surface area contributed by atoms with Crippen LogP contribution in [0.4, 0.5) is 0 Å². The summed E-state index contributed by atoms with van der Waals surface area (Å²) in [7, 11) is 0. The molecule has 0 saturated heterocycles. The van der Waals surface area contributed by atoms with Crippen LogP contribution in [0.1, 0.15) is 37.6 Å². The molecule has 1 aromatic rings. The zero-order chi connectivity index (χ0) is 21.5. The van der Waals surface area contributed by atoms with Crippen molar-refractivity contribution in [2.24, 2.45) is 0 Å². The van der Waals surface area contributed by atoms with Gasteiger partial charge in [0.1, 0.15) is 0 Å². The van der Waals surface area contributed by atoms with Crippen molar-refractivity contribution in [3.05, 3.63) is 78.3 Å². The number of nitrogens with zero attached hydrogens (tertiary/aromatic N) is 1. The smallest absolute Gasteiger partial charge is 0.269 e. The van der Waals surface area contributed by atoms with E-state index in [2.05, 4.69) is 33.0 Å². The van der Waals surface area contributed by atoms with Crippen LogP contribution in [0.15, 0.2) is 72.8 Å². The van der Waals surface area contributed by atoms with Crippen molar-refractivity contribution in [3.63, 3.8) is 0 Å². The number of amides is 2. The van der Waals surface area contributed by atoms with Gasteiger partial charge in [-0.2, -0.15) is 0 Å². The van der Waals surface area contributed by atoms with Crippen molar-refractivity contribution >= 4 is 11.8 Å². The topological polar surface area (TPSA) is 95.2 Å². The average molecular weight is 398 g/mol. The van der Waals surface area contributed by atoms with Crippen molar-refractivity contribution in [3.8, 4) is 0 Å². The molecule has 0 aliphatic rings. The fourth-order valence-corrected chi connectivity index (χ4v) is 2.40. The van der Waals surface area contributed by atoms with Crippen LogP contribution in [0.25, 0.3) is 0 Å². The number of rotatable bonds is 11. The van der Waals surface area contributed by atoms with Gasteiger partial charge in [-0.15, -0.1) is 0 Å². The van der Waals surface area contributed by atoms with Crippen molar-refractivity contribution < 1.29 is 9.59 Å². The summed E-state index contributed by atoms with van der Waals surface area (Å²) in [6, 6.07) is 2.60. The third kappa shape index (κ3) is 9.03. The van der Waals surface area contributed by atoms with Crippen LogP contribution < -0.4 is 21.5 Å². The molecule has 2 amide bonds. The molecule has 0 aromatic carbocycles. The van der Waals surface area contributed by atoms with E-state index in [1.54, 1.807) is 12.1 Å². The molecule has 0 aliphatic carbocycles. The fourth-order valence-electron chi connectivity index (χ4n) is 2.40. The summed E-state index contributed by atoms with van der Waals surface area (Å²) >= 11 is 0. The molecule has 0 radical (unpaired) electrons. The van der Waals surface area contributed by atoms with Crippen LogP contribution in [0, 0.1) is 0 Å². The van der Waals surface area contributed by atoms with E-state index in [-0.39, 0.29) is 5.91 Å². The SMILES string of the molecule is C=C(C[C@H](NCC)C(=O)NNC(=O)c1ccncc1)C(/C=C\C=C/C)=C\NCC. The van der Waals surface area contributed by atoms with Gasteiger partial charge in [0.15, 0.2) is 0 Å². The Morgan fingerprint density at radius 1 is 1.14 bits per heavy atom.